The molecule has 0 aromatic carbocycles. The van der Waals surface area contributed by atoms with Gasteiger partial charge in [0.25, 0.3) is 0 Å². The van der Waals surface area contributed by atoms with E-state index in [1.54, 1.807) is 0 Å². The molecule has 0 fully saturated rings. The lowest BCUT2D eigenvalue weighted by Gasteiger charge is -2.04. The molecule has 2 nitrogen and oxygen atoms in total. The highest BCUT2D eigenvalue weighted by molar-refractivity contribution is 4.52. The minimum absolute atomic E-state index is 1.08. The molecule has 121 valence electrons. The molecule has 0 amide bonds. The molecule has 20 heavy (non-hydrogen) atoms. The largest absolute Gasteiger partial charge is 0.318 e. The summed E-state index contributed by atoms with van der Waals surface area (Å²) in [6, 6.07) is 0. The van der Waals surface area contributed by atoms with Crippen molar-refractivity contribution in [1.29, 1.82) is 0 Å². The molecular weight excluding hydrogens is 244 g/mol. The fourth-order valence-corrected chi connectivity index (χ4v) is 2.53. The standard InChI is InChI=1S/C18H39N2/c1-3-4-5-6-7-8-9-10-11-12-13-14-15-16-20-18-17-19-2/h19-20H,1,3-18H2,2H3. The summed E-state index contributed by atoms with van der Waals surface area (Å²) in [7, 11) is 2.00. The van der Waals surface area contributed by atoms with Gasteiger partial charge in [-0.2, -0.15) is 0 Å². The Balaban J connectivity index is 2.89. The summed E-state index contributed by atoms with van der Waals surface area (Å²) < 4.78 is 0. The Labute approximate surface area is 128 Å². The van der Waals surface area contributed by atoms with E-state index >= 15 is 0 Å². The molecule has 0 atom stereocenters. The number of unbranched alkanes of at least 4 members (excludes halogenated alkanes) is 12. The topological polar surface area (TPSA) is 24.1 Å². The molecule has 1 radical (unpaired) electrons. The third-order valence-corrected chi connectivity index (χ3v) is 3.91. The van der Waals surface area contributed by atoms with Gasteiger partial charge in [0, 0.05) is 13.1 Å². The van der Waals surface area contributed by atoms with E-state index in [-0.39, 0.29) is 0 Å². The average molecular weight is 284 g/mol. The number of hydrogen-bond donors (Lipinski definition) is 2. The minimum Gasteiger partial charge on any atom is -0.318 e. The van der Waals surface area contributed by atoms with Crippen LogP contribution >= 0.6 is 0 Å². The maximum absolute atomic E-state index is 3.89. The Morgan fingerprint density at radius 3 is 1.45 bits per heavy atom. The van der Waals surface area contributed by atoms with Crippen molar-refractivity contribution in [3.8, 4) is 0 Å². The van der Waals surface area contributed by atoms with E-state index in [1.165, 1.54) is 83.6 Å². The Morgan fingerprint density at radius 2 is 1.00 bits per heavy atom. The fraction of sp³-hybridized carbons (Fsp3) is 0.944. The van der Waals surface area contributed by atoms with Gasteiger partial charge < -0.3 is 10.6 Å². The zero-order chi connectivity index (χ0) is 14.7. The molecule has 0 aliphatic heterocycles. The summed E-state index contributed by atoms with van der Waals surface area (Å²) in [5, 5.41) is 6.61. The molecule has 0 aromatic rings. The lowest BCUT2D eigenvalue weighted by atomic mass is 10.0. The fourth-order valence-electron chi connectivity index (χ4n) is 2.53. The molecule has 0 saturated heterocycles. The van der Waals surface area contributed by atoms with E-state index in [0.717, 1.165) is 19.5 Å². The van der Waals surface area contributed by atoms with Gasteiger partial charge in [0.2, 0.25) is 0 Å². The number of rotatable bonds is 17. The van der Waals surface area contributed by atoms with E-state index in [4.69, 9.17) is 0 Å². The lowest BCUT2D eigenvalue weighted by Crippen LogP contribution is -2.25. The average Bonchev–Trinajstić information content (AvgIpc) is 2.47. The quantitative estimate of drug-likeness (QED) is 0.378. The molecule has 0 aromatic heterocycles. The van der Waals surface area contributed by atoms with E-state index in [9.17, 15) is 0 Å². The van der Waals surface area contributed by atoms with Crippen LogP contribution in [0.2, 0.25) is 0 Å². The monoisotopic (exact) mass is 283 g/mol. The van der Waals surface area contributed by atoms with Gasteiger partial charge in [0.05, 0.1) is 0 Å². The number of nitrogens with one attached hydrogen (secondary N) is 2. The summed E-state index contributed by atoms with van der Waals surface area (Å²) in [5.74, 6) is 0. The van der Waals surface area contributed by atoms with Crippen LogP contribution in [0.15, 0.2) is 0 Å². The minimum atomic E-state index is 1.08. The van der Waals surface area contributed by atoms with Gasteiger partial charge in [-0.25, -0.2) is 0 Å². The van der Waals surface area contributed by atoms with Crippen LogP contribution in [0.1, 0.15) is 83.5 Å². The summed E-state index contributed by atoms with van der Waals surface area (Å²) in [4.78, 5) is 0. The van der Waals surface area contributed by atoms with Crippen LogP contribution in [0.3, 0.4) is 0 Å². The van der Waals surface area contributed by atoms with Gasteiger partial charge in [-0.05, 0) is 20.0 Å². The molecule has 0 saturated carbocycles. The van der Waals surface area contributed by atoms with Crippen molar-refractivity contribution in [1.82, 2.24) is 10.6 Å². The Kier molecular flexibility index (Phi) is 18.8. The normalized spacial score (nSPS) is 11.1. The van der Waals surface area contributed by atoms with E-state index < -0.39 is 0 Å². The highest BCUT2D eigenvalue weighted by Crippen LogP contribution is 2.12. The Hall–Kier alpha value is -0.0800. The van der Waals surface area contributed by atoms with Gasteiger partial charge >= 0.3 is 0 Å². The van der Waals surface area contributed by atoms with E-state index in [1.807, 2.05) is 7.05 Å². The third kappa shape index (κ3) is 17.9. The molecule has 0 aliphatic rings. The van der Waals surface area contributed by atoms with Crippen molar-refractivity contribution >= 4 is 0 Å². The maximum Gasteiger partial charge on any atom is 0.00766 e. The first kappa shape index (κ1) is 19.9. The molecule has 0 heterocycles. The van der Waals surface area contributed by atoms with Crippen molar-refractivity contribution in [2.24, 2.45) is 0 Å². The zero-order valence-corrected chi connectivity index (χ0v) is 14.0. The molecule has 0 spiro atoms. The maximum atomic E-state index is 3.89. The highest BCUT2D eigenvalue weighted by Gasteiger charge is 1.93. The lowest BCUT2D eigenvalue weighted by molar-refractivity contribution is 0.532. The van der Waals surface area contributed by atoms with Crippen molar-refractivity contribution in [3.05, 3.63) is 6.92 Å². The number of hydrogen-bond acceptors (Lipinski definition) is 2. The second-order valence-electron chi connectivity index (χ2n) is 5.95. The van der Waals surface area contributed by atoms with Crippen molar-refractivity contribution in [2.45, 2.75) is 83.5 Å². The SMILES string of the molecule is [CH2]CCCCCCCCCCCCCCNCCNC. The van der Waals surface area contributed by atoms with Crippen LogP contribution in [-0.4, -0.2) is 26.7 Å². The smallest absolute Gasteiger partial charge is 0.00766 e. The van der Waals surface area contributed by atoms with Gasteiger partial charge in [-0.1, -0.05) is 84.0 Å². The summed E-state index contributed by atoms with van der Waals surface area (Å²) in [5.41, 5.74) is 0. The van der Waals surface area contributed by atoms with Crippen molar-refractivity contribution in [3.63, 3.8) is 0 Å². The van der Waals surface area contributed by atoms with Crippen molar-refractivity contribution < 1.29 is 0 Å². The highest BCUT2D eigenvalue weighted by atomic mass is 14.9. The Bertz CT molecular complexity index is 141. The predicted molar refractivity (Wildman–Crippen MR) is 92.2 cm³/mol. The van der Waals surface area contributed by atoms with Crippen LogP contribution in [0, 0.1) is 6.92 Å². The predicted octanol–water partition coefficient (Wildman–Crippen LogP) is 4.70. The molecule has 0 bridgehead atoms. The Morgan fingerprint density at radius 1 is 0.550 bits per heavy atom. The molecule has 0 rings (SSSR count). The first-order chi connectivity index (χ1) is 9.91. The number of likely N-dealkylation sites (N-methyl/N-ethyl adjacent to an activating group) is 1. The van der Waals surface area contributed by atoms with Gasteiger partial charge in [0.1, 0.15) is 0 Å². The van der Waals surface area contributed by atoms with Crippen LogP contribution in [-0.2, 0) is 0 Å². The van der Waals surface area contributed by atoms with Crippen LogP contribution < -0.4 is 10.6 Å². The summed E-state index contributed by atoms with van der Waals surface area (Å²) >= 11 is 0. The molecular formula is C18H39N2. The van der Waals surface area contributed by atoms with Crippen LogP contribution in [0.5, 0.6) is 0 Å². The zero-order valence-electron chi connectivity index (χ0n) is 14.0. The van der Waals surface area contributed by atoms with Gasteiger partial charge in [0.15, 0.2) is 0 Å². The second-order valence-corrected chi connectivity index (χ2v) is 5.95. The molecule has 2 heteroatoms. The van der Waals surface area contributed by atoms with Crippen LogP contribution in [0.4, 0.5) is 0 Å². The summed E-state index contributed by atoms with van der Waals surface area (Å²) in [6.07, 6.45) is 18.1. The van der Waals surface area contributed by atoms with E-state index in [0.29, 0.717) is 0 Å². The second kappa shape index (κ2) is 18.9. The first-order valence-electron chi connectivity index (χ1n) is 9.06. The summed E-state index contributed by atoms with van der Waals surface area (Å²) in [6.45, 7) is 7.26. The van der Waals surface area contributed by atoms with Gasteiger partial charge in [-0.15, -0.1) is 0 Å². The van der Waals surface area contributed by atoms with E-state index in [2.05, 4.69) is 17.6 Å². The molecule has 0 unspecified atom stereocenters. The molecule has 2 N–H and O–H groups in total. The first-order valence-corrected chi connectivity index (χ1v) is 9.06. The van der Waals surface area contributed by atoms with Crippen LogP contribution in [0.25, 0.3) is 0 Å². The van der Waals surface area contributed by atoms with Crippen molar-refractivity contribution in [2.75, 3.05) is 26.7 Å². The molecule has 0 aliphatic carbocycles. The third-order valence-electron chi connectivity index (χ3n) is 3.91. The van der Waals surface area contributed by atoms with Gasteiger partial charge in [-0.3, -0.25) is 0 Å².